The molecule has 0 aromatic carbocycles. The second-order valence-electron chi connectivity index (χ2n) is 5.09. The molecule has 3 atom stereocenters. The van der Waals surface area contributed by atoms with Crippen molar-refractivity contribution in [3.05, 3.63) is 9.69 Å². The number of rotatable bonds is 5. The summed E-state index contributed by atoms with van der Waals surface area (Å²) in [6.45, 7) is 11.1. The highest BCUT2D eigenvalue weighted by atomic mass is 32.2. The quantitative estimate of drug-likeness (QED) is 0.458. The van der Waals surface area contributed by atoms with Crippen molar-refractivity contribution in [3.8, 4) is 13.1 Å². The van der Waals surface area contributed by atoms with E-state index in [0.717, 1.165) is 12.8 Å². The highest BCUT2D eigenvalue weighted by Gasteiger charge is 2.84. The number of carbonyl (C=O) groups is 2. The highest BCUT2D eigenvalue weighted by molar-refractivity contribution is 8.00. The van der Waals surface area contributed by atoms with E-state index in [1.165, 1.54) is 7.11 Å². The van der Waals surface area contributed by atoms with Crippen LogP contribution in [0.4, 0.5) is 4.79 Å². The molecule has 0 aliphatic carbocycles. The molecule has 0 radical (unpaired) electrons. The highest BCUT2D eigenvalue weighted by Crippen LogP contribution is 2.49. The number of thioether (sulfide) groups is 1. The van der Waals surface area contributed by atoms with Crippen LogP contribution in [0.25, 0.3) is 9.69 Å². The van der Waals surface area contributed by atoms with Gasteiger partial charge in [0.1, 0.15) is 11.0 Å². The van der Waals surface area contributed by atoms with Crippen molar-refractivity contribution in [3.63, 3.8) is 0 Å². The Bertz CT molecular complexity index is 541. The first-order valence-electron chi connectivity index (χ1n) is 6.66. The van der Waals surface area contributed by atoms with E-state index in [2.05, 4.69) is 25.1 Å². The maximum absolute atomic E-state index is 11.7. The van der Waals surface area contributed by atoms with Crippen LogP contribution < -0.4 is 10.6 Å². The molecule has 112 valence electrons. The number of methoxy groups -OCH3 is 1. The molecule has 2 heterocycles. The molecule has 1 unspecified atom stereocenters. The summed E-state index contributed by atoms with van der Waals surface area (Å²) in [5, 5.41) is 5.41. The van der Waals surface area contributed by atoms with E-state index in [1.807, 2.05) is 0 Å². The number of hydrogen-bond acceptors (Lipinski definition) is 4. The van der Waals surface area contributed by atoms with E-state index < -0.39 is 11.3 Å². The molecule has 2 saturated heterocycles. The van der Waals surface area contributed by atoms with Crippen molar-refractivity contribution >= 4 is 23.8 Å². The van der Waals surface area contributed by atoms with Crippen LogP contribution in [0.3, 0.4) is 0 Å². The van der Waals surface area contributed by atoms with Gasteiger partial charge < -0.3 is 4.74 Å². The maximum Gasteiger partial charge on any atom is 0.470 e. The van der Waals surface area contributed by atoms with Gasteiger partial charge in [-0.25, -0.2) is 4.79 Å². The van der Waals surface area contributed by atoms with E-state index in [-0.39, 0.29) is 17.3 Å². The predicted molar refractivity (Wildman–Crippen MR) is 80.5 cm³/mol. The topological polar surface area (TPSA) is 76.2 Å². The predicted octanol–water partition coefficient (Wildman–Crippen LogP) is 1.47. The summed E-state index contributed by atoms with van der Waals surface area (Å²) >= 11 is 1.61. The SMILES string of the molecule is C#[N+][C@]12CSC(CCCCC(=O)OC)[C@@]1([N+]#C)NC(=O)N2. The number of unbranched alkanes of at least 4 members (excludes halogenated alkanes) is 1. The lowest BCUT2D eigenvalue weighted by Gasteiger charge is -2.16. The zero-order valence-electron chi connectivity index (χ0n) is 11.8. The maximum atomic E-state index is 11.7. The van der Waals surface area contributed by atoms with Crippen LogP contribution in [0.5, 0.6) is 0 Å². The van der Waals surface area contributed by atoms with Crippen molar-refractivity contribution in [2.75, 3.05) is 12.9 Å². The molecule has 0 aromatic heterocycles. The van der Waals surface area contributed by atoms with Crippen molar-refractivity contribution in [1.29, 1.82) is 0 Å². The van der Waals surface area contributed by atoms with Gasteiger partial charge in [0.2, 0.25) is 0 Å². The molecule has 2 aliphatic heterocycles. The molecule has 2 aliphatic rings. The summed E-state index contributed by atoms with van der Waals surface area (Å²) in [5.41, 5.74) is -2.04. The number of carbonyl (C=O) groups excluding carboxylic acids is 2. The number of fused-ring (bicyclic) bond motifs is 1. The molecular formula is C13H18N4O3S+2. The summed E-state index contributed by atoms with van der Waals surface area (Å²) in [7, 11) is 1.37. The van der Waals surface area contributed by atoms with E-state index in [4.69, 9.17) is 13.1 Å². The molecule has 2 N–H and O–H groups in total. The fraction of sp³-hybridized carbons (Fsp3) is 0.692. The van der Waals surface area contributed by atoms with Crippen LogP contribution >= 0.6 is 11.8 Å². The summed E-state index contributed by atoms with van der Waals surface area (Å²) in [4.78, 5) is 30.5. The Morgan fingerprint density at radius 3 is 2.81 bits per heavy atom. The van der Waals surface area contributed by atoms with Gasteiger partial charge in [0.15, 0.2) is 0 Å². The lowest BCUT2D eigenvalue weighted by Crippen LogP contribution is -2.58. The van der Waals surface area contributed by atoms with Crippen LogP contribution in [-0.2, 0) is 9.53 Å². The normalized spacial score (nSPS) is 33.3. The minimum atomic E-state index is -1.03. The van der Waals surface area contributed by atoms with Gasteiger partial charge in [-0.05, 0) is 22.5 Å². The molecule has 21 heavy (non-hydrogen) atoms. The number of amides is 2. The van der Waals surface area contributed by atoms with Crippen molar-refractivity contribution in [1.82, 2.24) is 10.6 Å². The van der Waals surface area contributed by atoms with Gasteiger partial charge in [-0.15, -0.1) is 11.8 Å². The molecular weight excluding hydrogens is 292 g/mol. The smallest absolute Gasteiger partial charge is 0.469 e. The third-order valence-electron chi connectivity index (χ3n) is 3.96. The molecule has 8 heteroatoms. The number of urea groups is 1. The Balaban J connectivity index is 2.02. The third-order valence-corrected chi connectivity index (χ3v) is 5.53. The van der Waals surface area contributed by atoms with Gasteiger partial charge in [-0.3, -0.25) is 15.4 Å². The Labute approximate surface area is 127 Å². The standard InChI is InChI=1S/C13H17N4O3S/c1-14-12-8-21-9(6-4-5-7-10(18)20-3)13(12,15-2)17-11(19)16-12/h1-2,9H,4-8H2,3H3,(H-,16,17,19)/q+1/p+1/t9?,12-,13+/m0/s1. The largest absolute Gasteiger partial charge is 0.470 e. The van der Waals surface area contributed by atoms with Crippen LogP contribution in [0.1, 0.15) is 25.7 Å². The molecule has 2 amide bonds. The Hall–Kier alpha value is -1.93. The van der Waals surface area contributed by atoms with Gasteiger partial charge in [-0.2, -0.15) is 0 Å². The van der Waals surface area contributed by atoms with Crippen LogP contribution in [0.2, 0.25) is 0 Å². The second-order valence-corrected chi connectivity index (χ2v) is 6.28. The molecule has 0 bridgehead atoms. The fourth-order valence-electron chi connectivity index (χ4n) is 2.81. The molecule has 2 fully saturated rings. The Kier molecular flexibility index (Phi) is 4.29. The molecule has 7 nitrogen and oxygen atoms in total. The van der Waals surface area contributed by atoms with Gasteiger partial charge in [0.25, 0.3) is 13.1 Å². The Morgan fingerprint density at radius 2 is 2.19 bits per heavy atom. The number of hydrogen-bond donors (Lipinski definition) is 2. The van der Waals surface area contributed by atoms with E-state index in [1.54, 1.807) is 11.8 Å². The van der Waals surface area contributed by atoms with Crippen molar-refractivity contribution in [2.45, 2.75) is 42.3 Å². The number of nitrogens with one attached hydrogen (secondary N) is 2. The van der Waals surface area contributed by atoms with Crippen LogP contribution in [0.15, 0.2) is 0 Å². The van der Waals surface area contributed by atoms with Crippen LogP contribution in [-0.4, -0.2) is 41.4 Å². The zero-order chi connectivity index (χ0) is 15.5. The van der Waals surface area contributed by atoms with Crippen molar-refractivity contribution < 1.29 is 14.3 Å². The van der Waals surface area contributed by atoms with E-state index >= 15 is 0 Å². The zero-order valence-corrected chi connectivity index (χ0v) is 12.6. The fourth-order valence-corrected chi connectivity index (χ4v) is 4.51. The number of nitrogens with zero attached hydrogens (tertiary/aromatic N) is 2. The van der Waals surface area contributed by atoms with Gasteiger partial charge in [0, 0.05) is 6.42 Å². The minimum absolute atomic E-state index is 0.0496. The number of ether oxygens (including phenoxy) is 1. The average Bonchev–Trinajstić information content (AvgIpc) is 2.93. The lowest BCUT2D eigenvalue weighted by atomic mass is 9.91. The van der Waals surface area contributed by atoms with E-state index in [9.17, 15) is 9.59 Å². The first-order chi connectivity index (χ1) is 10.0. The summed E-state index contributed by atoms with van der Waals surface area (Å²) in [6, 6.07) is -0.377. The molecule has 0 saturated carbocycles. The van der Waals surface area contributed by atoms with E-state index in [0.29, 0.717) is 18.6 Å². The first kappa shape index (κ1) is 15.5. The lowest BCUT2D eigenvalue weighted by molar-refractivity contribution is -0.140. The molecule has 2 rings (SSSR count). The second kappa shape index (κ2) is 5.82. The summed E-state index contributed by atoms with van der Waals surface area (Å²) < 4.78 is 4.60. The average molecular weight is 310 g/mol. The minimum Gasteiger partial charge on any atom is -0.469 e. The molecule has 0 spiro atoms. The number of esters is 1. The van der Waals surface area contributed by atoms with Gasteiger partial charge in [-0.1, -0.05) is 6.42 Å². The Morgan fingerprint density at radius 1 is 1.43 bits per heavy atom. The summed E-state index contributed by atoms with van der Waals surface area (Å²) in [6.07, 6.45) is 2.61. The van der Waals surface area contributed by atoms with Gasteiger partial charge >= 0.3 is 23.3 Å². The summed E-state index contributed by atoms with van der Waals surface area (Å²) in [5.74, 6) is 0.277. The third kappa shape index (κ3) is 2.40. The molecule has 0 aromatic rings. The monoisotopic (exact) mass is 310 g/mol. The first-order valence-corrected chi connectivity index (χ1v) is 7.71. The van der Waals surface area contributed by atoms with Gasteiger partial charge in [0.05, 0.1) is 7.11 Å². The van der Waals surface area contributed by atoms with Crippen LogP contribution in [0, 0.1) is 13.1 Å². The van der Waals surface area contributed by atoms with Crippen molar-refractivity contribution in [2.24, 2.45) is 0 Å².